The Kier molecular flexibility index (Phi) is 3.83. The Labute approximate surface area is 106 Å². The molecular weight excluding hydrogens is 234 g/mol. The van der Waals surface area contributed by atoms with E-state index >= 15 is 0 Å². The molecule has 0 saturated carbocycles. The predicted octanol–water partition coefficient (Wildman–Crippen LogP) is 2.97. The third-order valence-electron chi connectivity index (χ3n) is 2.42. The number of nitrogens with two attached hydrogens (primary N) is 1. The van der Waals surface area contributed by atoms with Crippen molar-refractivity contribution in [3.8, 4) is 0 Å². The third-order valence-corrected chi connectivity index (χ3v) is 2.67. The molecule has 0 radical (unpaired) electrons. The molecule has 3 nitrogen and oxygen atoms in total. The topological polar surface area (TPSA) is 50.9 Å². The lowest BCUT2D eigenvalue weighted by atomic mass is 10.1. The van der Waals surface area contributed by atoms with Crippen LogP contribution in [0.15, 0.2) is 42.6 Å². The number of nitrogens with zero attached hydrogens (tertiary/aromatic N) is 1. The van der Waals surface area contributed by atoms with E-state index in [9.17, 15) is 0 Å². The number of pyridine rings is 1. The van der Waals surface area contributed by atoms with Gasteiger partial charge in [-0.3, -0.25) is 0 Å². The summed E-state index contributed by atoms with van der Waals surface area (Å²) in [5, 5.41) is 3.99. The van der Waals surface area contributed by atoms with E-state index in [0.29, 0.717) is 5.69 Å². The van der Waals surface area contributed by atoms with Crippen LogP contribution in [-0.2, 0) is 6.42 Å². The molecule has 0 aliphatic rings. The number of halogens is 1. The van der Waals surface area contributed by atoms with Crippen molar-refractivity contribution < 1.29 is 0 Å². The molecule has 2 aromatic rings. The lowest BCUT2D eigenvalue weighted by Gasteiger charge is -2.06. The summed E-state index contributed by atoms with van der Waals surface area (Å²) >= 11 is 5.82. The normalized spacial score (nSPS) is 10.2. The quantitative estimate of drug-likeness (QED) is 0.873. The second kappa shape index (κ2) is 5.55. The fourth-order valence-corrected chi connectivity index (χ4v) is 1.66. The maximum Gasteiger partial charge on any atom is 0.127 e. The molecule has 1 heterocycles. The largest absolute Gasteiger partial charge is 0.399 e. The number of benzene rings is 1. The molecule has 0 fully saturated rings. The van der Waals surface area contributed by atoms with Crippen molar-refractivity contribution in [2.24, 2.45) is 0 Å². The van der Waals surface area contributed by atoms with Crippen LogP contribution in [-0.4, -0.2) is 11.5 Å². The van der Waals surface area contributed by atoms with Crippen LogP contribution in [0.3, 0.4) is 0 Å². The first-order valence-corrected chi connectivity index (χ1v) is 5.82. The molecule has 1 aromatic heterocycles. The van der Waals surface area contributed by atoms with Crippen molar-refractivity contribution in [2.45, 2.75) is 6.42 Å². The van der Waals surface area contributed by atoms with Gasteiger partial charge in [0.15, 0.2) is 0 Å². The van der Waals surface area contributed by atoms with Crippen LogP contribution < -0.4 is 11.1 Å². The van der Waals surface area contributed by atoms with Gasteiger partial charge in [0.05, 0.1) is 0 Å². The highest BCUT2D eigenvalue weighted by Crippen LogP contribution is 2.11. The van der Waals surface area contributed by atoms with Gasteiger partial charge < -0.3 is 11.1 Å². The zero-order valence-electron chi connectivity index (χ0n) is 9.36. The van der Waals surface area contributed by atoms with E-state index in [0.717, 1.165) is 23.8 Å². The molecular formula is C13H14ClN3. The highest BCUT2D eigenvalue weighted by atomic mass is 35.5. The zero-order chi connectivity index (χ0) is 12.1. The van der Waals surface area contributed by atoms with Crippen LogP contribution in [0.2, 0.25) is 5.02 Å². The maximum atomic E-state index is 5.82. The number of anilines is 2. The van der Waals surface area contributed by atoms with E-state index in [1.54, 1.807) is 12.3 Å². The van der Waals surface area contributed by atoms with Crippen LogP contribution in [0.5, 0.6) is 0 Å². The van der Waals surface area contributed by atoms with Gasteiger partial charge in [0, 0.05) is 29.5 Å². The number of rotatable bonds is 4. The number of aromatic nitrogens is 1. The van der Waals surface area contributed by atoms with Crippen LogP contribution in [0.25, 0.3) is 0 Å². The van der Waals surface area contributed by atoms with Crippen molar-refractivity contribution >= 4 is 23.1 Å². The average Bonchev–Trinajstić information content (AvgIpc) is 2.32. The first-order valence-electron chi connectivity index (χ1n) is 5.44. The lowest BCUT2D eigenvalue weighted by molar-refractivity contribution is 1.01. The minimum atomic E-state index is 0.717. The molecule has 0 atom stereocenters. The minimum absolute atomic E-state index is 0.717. The minimum Gasteiger partial charge on any atom is -0.399 e. The third kappa shape index (κ3) is 3.64. The molecule has 88 valence electrons. The Morgan fingerprint density at radius 1 is 1.18 bits per heavy atom. The molecule has 17 heavy (non-hydrogen) atoms. The van der Waals surface area contributed by atoms with E-state index in [1.807, 2.05) is 30.3 Å². The summed E-state index contributed by atoms with van der Waals surface area (Å²) in [5.41, 5.74) is 7.62. The summed E-state index contributed by atoms with van der Waals surface area (Å²) in [4.78, 5) is 4.17. The Morgan fingerprint density at radius 2 is 1.94 bits per heavy atom. The van der Waals surface area contributed by atoms with Gasteiger partial charge in [0.2, 0.25) is 0 Å². The molecule has 2 rings (SSSR count). The van der Waals surface area contributed by atoms with Gasteiger partial charge >= 0.3 is 0 Å². The highest BCUT2D eigenvalue weighted by molar-refractivity contribution is 6.30. The number of hydrogen-bond acceptors (Lipinski definition) is 3. The highest BCUT2D eigenvalue weighted by Gasteiger charge is 1.96. The summed E-state index contributed by atoms with van der Waals surface area (Å²) in [7, 11) is 0. The van der Waals surface area contributed by atoms with Gasteiger partial charge in [-0.25, -0.2) is 4.98 Å². The zero-order valence-corrected chi connectivity index (χ0v) is 10.1. The average molecular weight is 248 g/mol. The second-order valence-corrected chi connectivity index (χ2v) is 4.21. The molecule has 0 bridgehead atoms. The van der Waals surface area contributed by atoms with Gasteiger partial charge in [-0.2, -0.15) is 0 Å². The first kappa shape index (κ1) is 11.7. The van der Waals surface area contributed by atoms with Gasteiger partial charge in [-0.05, 0) is 30.2 Å². The molecule has 0 unspecified atom stereocenters. The van der Waals surface area contributed by atoms with E-state index in [2.05, 4.69) is 10.3 Å². The first-order chi connectivity index (χ1) is 8.24. The number of nitrogens with one attached hydrogen (secondary N) is 1. The van der Waals surface area contributed by atoms with Crippen LogP contribution in [0, 0.1) is 0 Å². The van der Waals surface area contributed by atoms with Gasteiger partial charge in [-0.1, -0.05) is 23.7 Å². The summed E-state index contributed by atoms with van der Waals surface area (Å²) in [6.07, 6.45) is 2.62. The molecule has 0 spiro atoms. The summed E-state index contributed by atoms with van der Waals surface area (Å²) < 4.78 is 0. The van der Waals surface area contributed by atoms with Crippen LogP contribution in [0.4, 0.5) is 11.5 Å². The smallest absolute Gasteiger partial charge is 0.127 e. The molecule has 1 aromatic carbocycles. The van der Waals surface area contributed by atoms with Crippen molar-refractivity contribution in [1.82, 2.24) is 4.98 Å². The maximum absolute atomic E-state index is 5.82. The van der Waals surface area contributed by atoms with Gasteiger partial charge in [0.25, 0.3) is 0 Å². The van der Waals surface area contributed by atoms with Crippen LogP contribution >= 0.6 is 11.6 Å². The molecule has 3 N–H and O–H groups in total. The molecule has 4 heteroatoms. The van der Waals surface area contributed by atoms with Crippen molar-refractivity contribution in [3.05, 3.63) is 53.2 Å². The van der Waals surface area contributed by atoms with Gasteiger partial charge in [-0.15, -0.1) is 0 Å². The predicted molar refractivity (Wildman–Crippen MR) is 72.3 cm³/mol. The van der Waals surface area contributed by atoms with E-state index in [4.69, 9.17) is 17.3 Å². The molecule has 0 aliphatic carbocycles. The Hall–Kier alpha value is -1.74. The van der Waals surface area contributed by atoms with Crippen molar-refractivity contribution in [2.75, 3.05) is 17.6 Å². The number of hydrogen-bond donors (Lipinski definition) is 2. The summed E-state index contributed by atoms with van der Waals surface area (Å²) in [6, 6.07) is 11.4. The second-order valence-electron chi connectivity index (χ2n) is 3.78. The van der Waals surface area contributed by atoms with E-state index in [-0.39, 0.29) is 0 Å². The number of nitrogen functional groups attached to an aromatic ring is 1. The summed E-state index contributed by atoms with van der Waals surface area (Å²) in [6.45, 7) is 0.818. The fourth-order valence-electron chi connectivity index (χ4n) is 1.53. The van der Waals surface area contributed by atoms with E-state index < -0.39 is 0 Å². The monoisotopic (exact) mass is 247 g/mol. The Bertz CT molecular complexity index is 482. The molecule has 0 aliphatic heterocycles. The van der Waals surface area contributed by atoms with Crippen molar-refractivity contribution in [1.29, 1.82) is 0 Å². The summed E-state index contributed by atoms with van der Waals surface area (Å²) in [5.74, 6) is 0.805. The van der Waals surface area contributed by atoms with Crippen molar-refractivity contribution in [3.63, 3.8) is 0 Å². The Morgan fingerprint density at radius 3 is 2.65 bits per heavy atom. The molecule has 0 saturated heterocycles. The SMILES string of the molecule is Nc1ccnc(NCCc2ccc(Cl)cc2)c1. The standard InChI is InChI=1S/C13H14ClN3/c14-11-3-1-10(2-4-11)5-7-16-13-9-12(15)6-8-17-13/h1-4,6,8-9H,5,7H2,(H3,15,16,17). The lowest BCUT2D eigenvalue weighted by Crippen LogP contribution is -2.06. The van der Waals surface area contributed by atoms with E-state index in [1.165, 1.54) is 5.56 Å². The Balaban J connectivity index is 1.85. The fraction of sp³-hybridized carbons (Fsp3) is 0.154. The molecule has 0 amide bonds. The van der Waals surface area contributed by atoms with Gasteiger partial charge in [0.1, 0.15) is 5.82 Å². The van der Waals surface area contributed by atoms with Crippen LogP contribution in [0.1, 0.15) is 5.56 Å².